The molecule has 12 heteroatoms. The van der Waals surface area contributed by atoms with Crippen molar-refractivity contribution in [3.8, 4) is 11.8 Å². The Labute approximate surface area is 218 Å². The predicted molar refractivity (Wildman–Crippen MR) is 136 cm³/mol. The van der Waals surface area contributed by atoms with Gasteiger partial charge < -0.3 is 30.9 Å². The Morgan fingerprint density at radius 1 is 1.18 bits per heavy atom. The first kappa shape index (κ1) is 25.6. The van der Waals surface area contributed by atoms with Crippen LogP contribution in [0.5, 0.6) is 0 Å². The van der Waals surface area contributed by atoms with E-state index in [0.717, 1.165) is 25.7 Å². The number of nitrogen functional groups attached to an aromatic ring is 1. The summed E-state index contributed by atoms with van der Waals surface area (Å²) in [6, 6.07) is 9.24. The van der Waals surface area contributed by atoms with Crippen molar-refractivity contribution >= 4 is 28.8 Å². The van der Waals surface area contributed by atoms with Crippen molar-refractivity contribution in [3.05, 3.63) is 48.0 Å². The van der Waals surface area contributed by atoms with Crippen molar-refractivity contribution in [1.82, 2.24) is 29.7 Å². The number of nitrogens with one attached hydrogen (secondary N) is 1. The average Bonchev–Trinajstić information content (AvgIpc) is 3.67. The molecule has 0 spiro atoms. The van der Waals surface area contributed by atoms with E-state index in [2.05, 4.69) is 32.1 Å². The van der Waals surface area contributed by atoms with Gasteiger partial charge in [0.1, 0.15) is 17.7 Å². The molecule has 0 radical (unpaired) electrons. The smallest absolute Gasteiger partial charge is 0.254 e. The predicted octanol–water partition coefficient (Wildman–Crippen LogP) is 0.210. The van der Waals surface area contributed by atoms with Gasteiger partial charge in [-0.3, -0.25) is 14.2 Å². The molecule has 2 amide bonds. The van der Waals surface area contributed by atoms with Crippen molar-refractivity contribution in [2.45, 2.75) is 56.3 Å². The van der Waals surface area contributed by atoms with Crippen LogP contribution in [0.4, 0.5) is 5.82 Å². The molecule has 1 aliphatic heterocycles. The Morgan fingerprint density at radius 3 is 2.63 bits per heavy atom. The summed E-state index contributed by atoms with van der Waals surface area (Å²) in [4.78, 5) is 39.9. The SMILES string of the molecule is CNC(=O)C1OC(n2cnc3c(N)nc(C#CCN(C(=O)c4ccccc4)C4CCCC4)nc32)[C@H](O)[C@@H]1O. The number of likely N-dealkylation sites (N-methyl/N-ethyl adjacent to an activating group) is 1. The van der Waals surface area contributed by atoms with Gasteiger partial charge in [-0.2, -0.15) is 0 Å². The third-order valence-electron chi connectivity index (χ3n) is 6.96. The van der Waals surface area contributed by atoms with Crippen LogP contribution in [0.3, 0.4) is 0 Å². The van der Waals surface area contributed by atoms with Gasteiger partial charge >= 0.3 is 0 Å². The molecule has 1 saturated carbocycles. The maximum atomic E-state index is 13.2. The lowest BCUT2D eigenvalue weighted by Gasteiger charge is -2.27. The van der Waals surface area contributed by atoms with E-state index in [-0.39, 0.29) is 41.3 Å². The first-order chi connectivity index (χ1) is 18.4. The van der Waals surface area contributed by atoms with E-state index in [1.807, 2.05) is 18.2 Å². The lowest BCUT2D eigenvalue weighted by atomic mass is 10.1. The highest BCUT2D eigenvalue weighted by Crippen LogP contribution is 2.32. The number of carbonyl (C=O) groups is 2. The number of anilines is 1. The number of carbonyl (C=O) groups excluding carboxylic acids is 2. The van der Waals surface area contributed by atoms with Gasteiger partial charge in [-0.1, -0.05) is 37.0 Å². The number of nitrogens with two attached hydrogens (primary N) is 1. The van der Waals surface area contributed by atoms with Crippen LogP contribution < -0.4 is 11.1 Å². The summed E-state index contributed by atoms with van der Waals surface area (Å²) < 4.78 is 7.03. The topological polar surface area (TPSA) is 169 Å². The molecule has 1 aliphatic carbocycles. The molecule has 2 aromatic heterocycles. The number of nitrogens with zero attached hydrogens (tertiary/aromatic N) is 5. The van der Waals surface area contributed by atoms with E-state index in [9.17, 15) is 19.8 Å². The highest BCUT2D eigenvalue weighted by molar-refractivity contribution is 5.94. The molecule has 12 nitrogen and oxygen atoms in total. The lowest BCUT2D eigenvalue weighted by Crippen LogP contribution is -2.41. The van der Waals surface area contributed by atoms with Gasteiger partial charge in [0.2, 0.25) is 5.82 Å². The van der Waals surface area contributed by atoms with Gasteiger partial charge in [0.05, 0.1) is 12.9 Å². The second kappa shape index (κ2) is 10.7. The number of aliphatic hydroxyl groups excluding tert-OH is 2. The molecule has 0 bridgehead atoms. The fourth-order valence-corrected chi connectivity index (χ4v) is 4.96. The van der Waals surface area contributed by atoms with E-state index in [4.69, 9.17) is 10.5 Å². The Hall–Kier alpha value is -4.05. The molecule has 2 unspecified atom stereocenters. The van der Waals surface area contributed by atoms with E-state index >= 15 is 0 Å². The number of amides is 2. The number of hydrogen-bond acceptors (Lipinski definition) is 9. The number of hydrogen-bond donors (Lipinski definition) is 4. The maximum absolute atomic E-state index is 13.2. The second-order valence-corrected chi connectivity index (χ2v) is 9.34. The Balaban J connectivity index is 1.41. The van der Waals surface area contributed by atoms with Crippen molar-refractivity contribution in [1.29, 1.82) is 0 Å². The molecule has 1 aromatic carbocycles. The van der Waals surface area contributed by atoms with Crippen LogP contribution in [-0.4, -0.2) is 84.4 Å². The van der Waals surface area contributed by atoms with E-state index in [1.165, 1.54) is 17.9 Å². The molecule has 2 aliphatic rings. The molecule has 38 heavy (non-hydrogen) atoms. The minimum Gasteiger partial charge on any atom is -0.387 e. The fourth-order valence-electron chi connectivity index (χ4n) is 4.96. The van der Waals surface area contributed by atoms with Gasteiger partial charge in [-0.05, 0) is 30.9 Å². The summed E-state index contributed by atoms with van der Waals surface area (Å²) in [5.74, 6) is 5.45. The van der Waals surface area contributed by atoms with Crippen LogP contribution in [0.2, 0.25) is 0 Å². The Bertz CT molecular complexity index is 1390. The Morgan fingerprint density at radius 2 is 1.92 bits per heavy atom. The minimum atomic E-state index is -1.44. The zero-order chi connectivity index (χ0) is 26.8. The molecular formula is C26H29N7O5. The third kappa shape index (κ3) is 4.79. The van der Waals surface area contributed by atoms with Crippen LogP contribution in [0.15, 0.2) is 36.7 Å². The maximum Gasteiger partial charge on any atom is 0.254 e. The second-order valence-electron chi connectivity index (χ2n) is 9.34. The van der Waals surface area contributed by atoms with Crippen molar-refractivity contribution < 1.29 is 24.5 Å². The number of rotatable bonds is 5. The largest absolute Gasteiger partial charge is 0.387 e. The lowest BCUT2D eigenvalue weighted by molar-refractivity contribution is -0.137. The van der Waals surface area contributed by atoms with E-state index in [1.54, 1.807) is 17.0 Å². The number of aliphatic hydroxyl groups is 2. The summed E-state index contributed by atoms with van der Waals surface area (Å²) in [5, 5.41) is 23.3. The van der Waals surface area contributed by atoms with E-state index < -0.39 is 30.4 Å². The molecule has 5 N–H and O–H groups in total. The van der Waals surface area contributed by atoms with Crippen LogP contribution in [0.25, 0.3) is 11.2 Å². The number of benzene rings is 1. The van der Waals surface area contributed by atoms with Gasteiger partial charge in [0, 0.05) is 18.7 Å². The molecular weight excluding hydrogens is 490 g/mol. The monoisotopic (exact) mass is 519 g/mol. The minimum absolute atomic E-state index is 0.0712. The van der Waals surface area contributed by atoms with Gasteiger partial charge in [0.15, 0.2) is 23.8 Å². The fraction of sp³-hybridized carbons (Fsp3) is 0.423. The average molecular weight is 520 g/mol. The zero-order valence-electron chi connectivity index (χ0n) is 20.8. The van der Waals surface area contributed by atoms with Crippen LogP contribution in [-0.2, 0) is 9.53 Å². The number of imidazole rings is 1. The van der Waals surface area contributed by atoms with Crippen molar-refractivity contribution in [2.75, 3.05) is 19.3 Å². The van der Waals surface area contributed by atoms with Crippen LogP contribution in [0.1, 0.15) is 48.1 Å². The third-order valence-corrected chi connectivity index (χ3v) is 6.96. The standard InChI is InChI=1S/C26H29N7O5/c1-28-24(36)21-19(34)20(35)26(38-21)33-14-29-18-22(27)30-17(31-23(18)33)12-7-13-32(16-10-5-6-11-16)25(37)15-8-3-2-4-9-15/h2-4,8-9,14,16,19-21,26,34-35H,5-6,10-11,13H2,1H3,(H,28,36)(H2,27,30,31)/t19-,20+,21?,26?/m0/s1. The van der Waals surface area contributed by atoms with Crippen LogP contribution in [0, 0.1) is 11.8 Å². The summed E-state index contributed by atoms with van der Waals surface area (Å²) in [5.41, 5.74) is 7.20. The molecule has 5 rings (SSSR count). The highest BCUT2D eigenvalue weighted by atomic mass is 16.6. The summed E-state index contributed by atoms with van der Waals surface area (Å²) in [6.07, 6.45) is 0.101. The van der Waals surface area contributed by atoms with E-state index in [0.29, 0.717) is 5.56 Å². The van der Waals surface area contributed by atoms with Gasteiger partial charge in [0.25, 0.3) is 11.8 Å². The summed E-state index contributed by atoms with van der Waals surface area (Å²) in [6.45, 7) is 0.198. The molecule has 3 aromatic rings. The highest BCUT2D eigenvalue weighted by Gasteiger charge is 2.47. The van der Waals surface area contributed by atoms with Gasteiger partial charge in [-0.15, -0.1) is 0 Å². The first-order valence-corrected chi connectivity index (χ1v) is 12.5. The normalized spacial score (nSPS) is 23.2. The first-order valence-electron chi connectivity index (χ1n) is 12.5. The molecule has 1 saturated heterocycles. The Kier molecular flexibility index (Phi) is 7.24. The zero-order valence-corrected chi connectivity index (χ0v) is 20.8. The summed E-state index contributed by atoms with van der Waals surface area (Å²) >= 11 is 0. The molecule has 4 atom stereocenters. The molecule has 2 fully saturated rings. The number of fused-ring (bicyclic) bond motifs is 1. The quantitative estimate of drug-likeness (QED) is 0.344. The van der Waals surface area contributed by atoms with Crippen molar-refractivity contribution in [3.63, 3.8) is 0 Å². The van der Waals surface area contributed by atoms with Crippen LogP contribution >= 0.6 is 0 Å². The molecule has 3 heterocycles. The van der Waals surface area contributed by atoms with Crippen molar-refractivity contribution in [2.24, 2.45) is 0 Å². The molecule has 198 valence electrons. The number of ether oxygens (including phenoxy) is 1. The van der Waals surface area contributed by atoms with Gasteiger partial charge in [-0.25, -0.2) is 15.0 Å². The number of aromatic nitrogens is 4. The summed E-state index contributed by atoms with van der Waals surface area (Å²) in [7, 11) is 1.41.